The van der Waals surface area contributed by atoms with Crippen LogP contribution in [0.5, 0.6) is 0 Å². The average Bonchev–Trinajstić information content (AvgIpc) is 3.19. The van der Waals surface area contributed by atoms with E-state index >= 15 is 0 Å². The van der Waals surface area contributed by atoms with Crippen molar-refractivity contribution in [3.63, 3.8) is 0 Å². The summed E-state index contributed by atoms with van der Waals surface area (Å²) in [6.45, 7) is 8.08. The number of benzene rings is 3. The number of anilines is 1. The van der Waals surface area contributed by atoms with Gasteiger partial charge in [0.05, 0.1) is 5.69 Å². The van der Waals surface area contributed by atoms with E-state index < -0.39 is 0 Å². The average molecular weight is 396 g/mol. The van der Waals surface area contributed by atoms with E-state index in [0.29, 0.717) is 5.82 Å². The van der Waals surface area contributed by atoms with Gasteiger partial charge in [0.15, 0.2) is 5.82 Å². The first-order valence-electron chi connectivity index (χ1n) is 9.91. The van der Waals surface area contributed by atoms with Gasteiger partial charge in [-0.2, -0.15) is 0 Å². The monoisotopic (exact) mass is 396 g/mol. The van der Waals surface area contributed by atoms with Gasteiger partial charge in [-0.1, -0.05) is 54.6 Å². The first kappa shape index (κ1) is 19.6. The lowest BCUT2D eigenvalue weighted by molar-refractivity contribution is 0.101. The summed E-state index contributed by atoms with van der Waals surface area (Å²) < 4.78 is 1.76. The van der Waals surface area contributed by atoms with Crippen LogP contribution >= 0.6 is 0 Å². The standard InChI is InChI=1S/C25H24N4O/c1-16-13-14-18(3)22(15-16)29-24(20-10-6-5-7-11-20)27-23(28-29)25(30)26-21-12-8-9-17(2)19(21)4/h5-15H,1-4H3,(H,26,30). The molecule has 5 heteroatoms. The van der Waals surface area contributed by atoms with Crippen LogP contribution in [-0.2, 0) is 0 Å². The second kappa shape index (κ2) is 7.95. The lowest BCUT2D eigenvalue weighted by Crippen LogP contribution is -2.15. The van der Waals surface area contributed by atoms with Gasteiger partial charge >= 0.3 is 0 Å². The molecule has 1 N–H and O–H groups in total. The maximum absolute atomic E-state index is 13.0. The molecule has 0 spiro atoms. The molecule has 4 rings (SSSR count). The van der Waals surface area contributed by atoms with Crippen molar-refractivity contribution < 1.29 is 4.79 Å². The van der Waals surface area contributed by atoms with Crippen molar-refractivity contribution in [1.82, 2.24) is 14.8 Å². The molecule has 1 amide bonds. The highest BCUT2D eigenvalue weighted by atomic mass is 16.2. The van der Waals surface area contributed by atoms with Crippen LogP contribution in [0.3, 0.4) is 0 Å². The third-order valence-electron chi connectivity index (χ3n) is 5.29. The fraction of sp³-hybridized carbons (Fsp3) is 0.160. The minimum Gasteiger partial charge on any atom is -0.319 e. The molecule has 0 fully saturated rings. The van der Waals surface area contributed by atoms with Crippen LogP contribution in [0.25, 0.3) is 17.1 Å². The van der Waals surface area contributed by atoms with Crippen molar-refractivity contribution >= 4 is 11.6 Å². The second-order valence-corrected chi connectivity index (χ2v) is 7.53. The fourth-order valence-electron chi connectivity index (χ4n) is 3.36. The molecule has 0 radical (unpaired) electrons. The highest BCUT2D eigenvalue weighted by molar-refractivity contribution is 6.02. The van der Waals surface area contributed by atoms with Crippen molar-refractivity contribution in [2.75, 3.05) is 5.32 Å². The van der Waals surface area contributed by atoms with Crippen LogP contribution in [0, 0.1) is 27.7 Å². The Kier molecular flexibility index (Phi) is 5.19. The highest BCUT2D eigenvalue weighted by Gasteiger charge is 2.20. The minimum absolute atomic E-state index is 0.135. The summed E-state index contributed by atoms with van der Waals surface area (Å²) in [4.78, 5) is 17.6. The maximum atomic E-state index is 13.0. The molecule has 0 unspecified atom stereocenters. The van der Waals surface area contributed by atoms with Gasteiger partial charge in [0.25, 0.3) is 5.91 Å². The summed E-state index contributed by atoms with van der Waals surface area (Å²) in [6.07, 6.45) is 0. The molecule has 0 saturated heterocycles. The molecule has 0 saturated carbocycles. The van der Waals surface area contributed by atoms with E-state index in [1.165, 1.54) is 0 Å². The normalized spacial score (nSPS) is 10.8. The van der Waals surface area contributed by atoms with E-state index in [-0.39, 0.29) is 11.7 Å². The van der Waals surface area contributed by atoms with Gasteiger partial charge in [-0.05, 0) is 62.1 Å². The summed E-state index contributed by atoms with van der Waals surface area (Å²) >= 11 is 0. The zero-order valence-corrected chi connectivity index (χ0v) is 17.6. The Bertz CT molecular complexity index is 1230. The van der Waals surface area contributed by atoms with Crippen LogP contribution in [-0.4, -0.2) is 20.7 Å². The van der Waals surface area contributed by atoms with E-state index in [0.717, 1.165) is 39.2 Å². The molecule has 5 nitrogen and oxygen atoms in total. The summed E-state index contributed by atoms with van der Waals surface area (Å²) in [5.41, 5.74) is 6.90. The number of aromatic nitrogens is 3. The van der Waals surface area contributed by atoms with Gasteiger partial charge < -0.3 is 5.32 Å². The molecule has 0 bridgehead atoms. The summed E-state index contributed by atoms with van der Waals surface area (Å²) in [5, 5.41) is 7.56. The first-order valence-corrected chi connectivity index (χ1v) is 9.91. The van der Waals surface area contributed by atoms with E-state index in [9.17, 15) is 4.79 Å². The smallest absolute Gasteiger partial charge is 0.295 e. The maximum Gasteiger partial charge on any atom is 0.295 e. The fourth-order valence-corrected chi connectivity index (χ4v) is 3.36. The predicted octanol–water partition coefficient (Wildman–Crippen LogP) is 5.42. The van der Waals surface area contributed by atoms with Gasteiger partial charge in [0, 0.05) is 11.3 Å². The Morgan fingerprint density at radius 1 is 0.867 bits per heavy atom. The second-order valence-electron chi connectivity index (χ2n) is 7.53. The van der Waals surface area contributed by atoms with Crippen LogP contribution in [0.1, 0.15) is 32.9 Å². The number of aryl methyl sites for hydroxylation is 3. The molecule has 4 aromatic rings. The molecule has 0 aliphatic carbocycles. The third-order valence-corrected chi connectivity index (χ3v) is 5.29. The lowest BCUT2D eigenvalue weighted by atomic mass is 10.1. The number of nitrogens with zero attached hydrogens (tertiary/aromatic N) is 3. The van der Waals surface area contributed by atoms with Crippen LogP contribution in [0.15, 0.2) is 66.7 Å². The Morgan fingerprint density at radius 3 is 2.40 bits per heavy atom. The zero-order chi connectivity index (χ0) is 21.3. The predicted molar refractivity (Wildman–Crippen MR) is 120 cm³/mol. The number of nitrogens with one attached hydrogen (secondary N) is 1. The molecule has 30 heavy (non-hydrogen) atoms. The van der Waals surface area contributed by atoms with E-state index in [1.54, 1.807) is 4.68 Å². The molecule has 0 aliphatic rings. The summed E-state index contributed by atoms with van der Waals surface area (Å²) in [6, 6.07) is 21.8. The molecule has 3 aromatic carbocycles. The minimum atomic E-state index is -0.329. The number of rotatable bonds is 4. The van der Waals surface area contributed by atoms with Gasteiger partial charge in [-0.15, -0.1) is 5.10 Å². The Labute approximate surface area is 176 Å². The number of carbonyl (C=O) groups excluding carboxylic acids is 1. The van der Waals surface area contributed by atoms with Gasteiger partial charge in [-0.25, -0.2) is 9.67 Å². The van der Waals surface area contributed by atoms with Crippen molar-refractivity contribution in [1.29, 1.82) is 0 Å². The topological polar surface area (TPSA) is 59.8 Å². The Hall–Kier alpha value is -3.73. The van der Waals surface area contributed by atoms with Crippen molar-refractivity contribution in [2.45, 2.75) is 27.7 Å². The summed E-state index contributed by atoms with van der Waals surface area (Å²) in [7, 11) is 0. The number of hydrogen-bond donors (Lipinski definition) is 1. The van der Waals surface area contributed by atoms with E-state index in [2.05, 4.69) is 33.6 Å². The number of hydrogen-bond acceptors (Lipinski definition) is 3. The van der Waals surface area contributed by atoms with Crippen molar-refractivity contribution in [3.8, 4) is 17.1 Å². The Balaban J connectivity index is 1.80. The van der Waals surface area contributed by atoms with E-state index in [1.807, 2.05) is 76.2 Å². The quantitative estimate of drug-likeness (QED) is 0.501. The number of amides is 1. The number of carbonyl (C=O) groups is 1. The lowest BCUT2D eigenvalue weighted by Gasteiger charge is -2.10. The van der Waals surface area contributed by atoms with Crippen molar-refractivity contribution in [2.24, 2.45) is 0 Å². The molecule has 1 aromatic heterocycles. The van der Waals surface area contributed by atoms with Crippen LogP contribution in [0.4, 0.5) is 5.69 Å². The SMILES string of the molecule is Cc1ccc(C)c(-n2nc(C(=O)Nc3cccc(C)c3C)nc2-c2ccccc2)c1. The van der Waals surface area contributed by atoms with Crippen molar-refractivity contribution in [3.05, 3.63) is 94.8 Å². The molecule has 0 aliphatic heterocycles. The molecule has 1 heterocycles. The summed E-state index contributed by atoms with van der Waals surface area (Å²) in [5.74, 6) is 0.441. The molecular weight excluding hydrogens is 372 g/mol. The molecule has 0 atom stereocenters. The van der Waals surface area contributed by atoms with E-state index in [4.69, 9.17) is 0 Å². The van der Waals surface area contributed by atoms with Gasteiger partial charge in [-0.3, -0.25) is 4.79 Å². The highest BCUT2D eigenvalue weighted by Crippen LogP contribution is 2.25. The third kappa shape index (κ3) is 3.74. The van der Waals surface area contributed by atoms with Gasteiger partial charge in [0.1, 0.15) is 0 Å². The zero-order valence-electron chi connectivity index (χ0n) is 17.6. The molecule has 150 valence electrons. The van der Waals surface area contributed by atoms with Crippen LogP contribution in [0.2, 0.25) is 0 Å². The largest absolute Gasteiger partial charge is 0.319 e. The molecular formula is C25H24N4O. The van der Waals surface area contributed by atoms with Gasteiger partial charge in [0.2, 0.25) is 5.82 Å². The van der Waals surface area contributed by atoms with Crippen LogP contribution < -0.4 is 5.32 Å². The first-order chi connectivity index (χ1) is 14.4. The Morgan fingerprint density at radius 2 is 1.63 bits per heavy atom.